The van der Waals surface area contributed by atoms with E-state index in [4.69, 9.17) is 4.74 Å². The Balaban J connectivity index is 2.36. The normalized spacial score (nSPS) is 11.1. The highest BCUT2D eigenvalue weighted by Crippen LogP contribution is 2.23. The quantitative estimate of drug-likeness (QED) is 0.836. The molecule has 2 aromatic rings. The molecule has 0 atom stereocenters. The Morgan fingerprint density at radius 2 is 1.83 bits per heavy atom. The Hall–Kier alpha value is -2.45. The summed E-state index contributed by atoms with van der Waals surface area (Å²) in [7, 11) is -2.33. The second-order valence-corrected chi connectivity index (χ2v) is 6.59. The molecular formula is C16H17FN2O4S. The molecular weight excluding hydrogens is 335 g/mol. The highest BCUT2D eigenvalue weighted by atomic mass is 32.2. The largest absolute Gasteiger partial charge is 0.496 e. The summed E-state index contributed by atoms with van der Waals surface area (Å²) >= 11 is 0. The Bertz CT molecular complexity index is 836. The van der Waals surface area contributed by atoms with Crippen molar-refractivity contribution in [3.05, 3.63) is 53.8 Å². The molecule has 0 aliphatic heterocycles. The van der Waals surface area contributed by atoms with Crippen LogP contribution in [0.1, 0.15) is 17.3 Å². The maximum atomic E-state index is 12.9. The van der Waals surface area contributed by atoms with E-state index < -0.39 is 21.7 Å². The van der Waals surface area contributed by atoms with Gasteiger partial charge in [0.05, 0.1) is 17.6 Å². The predicted octanol–water partition coefficient (Wildman–Crippen LogP) is 2.38. The number of halogens is 1. The van der Waals surface area contributed by atoms with Gasteiger partial charge in [-0.05, 0) is 42.5 Å². The number of carbonyl (C=O) groups excluding carboxylic acids is 1. The van der Waals surface area contributed by atoms with E-state index in [-0.39, 0.29) is 22.8 Å². The van der Waals surface area contributed by atoms with Crippen LogP contribution in [0.5, 0.6) is 5.75 Å². The molecule has 0 heterocycles. The number of anilines is 1. The monoisotopic (exact) mass is 352 g/mol. The van der Waals surface area contributed by atoms with Gasteiger partial charge in [0.1, 0.15) is 11.6 Å². The zero-order valence-corrected chi connectivity index (χ0v) is 14.0. The second kappa shape index (κ2) is 7.41. The molecule has 0 saturated carbocycles. The van der Waals surface area contributed by atoms with E-state index in [1.165, 1.54) is 49.6 Å². The first-order valence-corrected chi connectivity index (χ1v) is 8.60. The summed E-state index contributed by atoms with van der Waals surface area (Å²) in [5.74, 6) is -0.763. The number of nitrogens with one attached hydrogen (secondary N) is 2. The van der Waals surface area contributed by atoms with E-state index in [0.29, 0.717) is 5.69 Å². The van der Waals surface area contributed by atoms with Gasteiger partial charge < -0.3 is 10.1 Å². The summed E-state index contributed by atoms with van der Waals surface area (Å²) in [5.41, 5.74) is 0.434. The molecule has 0 aromatic heterocycles. The van der Waals surface area contributed by atoms with Gasteiger partial charge in [0, 0.05) is 12.2 Å². The SMILES string of the molecule is CCNS(=O)(=O)c1ccc(OC)c(C(=O)Nc2ccc(F)cc2)c1. The van der Waals surface area contributed by atoms with Crippen LogP contribution in [0.15, 0.2) is 47.4 Å². The molecule has 24 heavy (non-hydrogen) atoms. The van der Waals surface area contributed by atoms with Crippen molar-refractivity contribution in [2.45, 2.75) is 11.8 Å². The standard InChI is InChI=1S/C16H17FN2O4S/c1-3-18-24(21,22)13-8-9-15(23-2)14(10-13)16(20)19-12-6-4-11(17)5-7-12/h4-10,18H,3H2,1-2H3,(H,19,20). The van der Waals surface area contributed by atoms with E-state index >= 15 is 0 Å². The van der Waals surface area contributed by atoms with Gasteiger partial charge in [-0.25, -0.2) is 17.5 Å². The van der Waals surface area contributed by atoms with Gasteiger partial charge in [0.15, 0.2) is 0 Å². The number of carbonyl (C=O) groups is 1. The highest BCUT2D eigenvalue weighted by molar-refractivity contribution is 7.89. The molecule has 2 aromatic carbocycles. The van der Waals surface area contributed by atoms with Gasteiger partial charge in [0.25, 0.3) is 5.91 Å². The molecule has 2 N–H and O–H groups in total. The smallest absolute Gasteiger partial charge is 0.259 e. The molecule has 6 nitrogen and oxygen atoms in total. The van der Waals surface area contributed by atoms with E-state index in [1.807, 2.05) is 0 Å². The fourth-order valence-electron chi connectivity index (χ4n) is 2.04. The minimum atomic E-state index is -3.70. The lowest BCUT2D eigenvalue weighted by Crippen LogP contribution is -2.23. The van der Waals surface area contributed by atoms with Gasteiger partial charge in [-0.3, -0.25) is 4.79 Å². The third-order valence-electron chi connectivity index (χ3n) is 3.16. The molecule has 8 heteroatoms. The molecule has 0 radical (unpaired) electrons. The number of amides is 1. The third-order valence-corrected chi connectivity index (χ3v) is 4.71. The minimum absolute atomic E-state index is 0.0468. The van der Waals surface area contributed by atoms with Crippen LogP contribution in [0.4, 0.5) is 10.1 Å². The van der Waals surface area contributed by atoms with Crippen LogP contribution in [-0.2, 0) is 10.0 Å². The Labute approximate surface area is 139 Å². The molecule has 0 aliphatic carbocycles. The topological polar surface area (TPSA) is 84.5 Å². The highest BCUT2D eigenvalue weighted by Gasteiger charge is 2.19. The van der Waals surface area contributed by atoms with E-state index in [9.17, 15) is 17.6 Å². The predicted molar refractivity (Wildman–Crippen MR) is 88.2 cm³/mol. The number of hydrogen-bond donors (Lipinski definition) is 2. The van der Waals surface area contributed by atoms with Crippen LogP contribution in [0, 0.1) is 5.82 Å². The van der Waals surface area contributed by atoms with Gasteiger partial charge in [-0.1, -0.05) is 6.92 Å². The Morgan fingerprint density at radius 1 is 1.17 bits per heavy atom. The number of sulfonamides is 1. The summed E-state index contributed by atoms with van der Waals surface area (Å²) in [5, 5.41) is 2.57. The molecule has 0 fully saturated rings. The summed E-state index contributed by atoms with van der Waals surface area (Å²) in [6, 6.07) is 9.21. The average Bonchev–Trinajstić information content (AvgIpc) is 2.56. The molecule has 2 rings (SSSR count). The summed E-state index contributed by atoms with van der Waals surface area (Å²) in [4.78, 5) is 12.4. The molecule has 0 unspecified atom stereocenters. The van der Waals surface area contributed by atoms with Crippen LogP contribution in [0.3, 0.4) is 0 Å². The molecule has 0 saturated heterocycles. The summed E-state index contributed by atoms with van der Waals surface area (Å²) in [6.45, 7) is 1.88. The number of methoxy groups -OCH3 is 1. The minimum Gasteiger partial charge on any atom is -0.496 e. The molecule has 0 bridgehead atoms. The number of hydrogen-bond acceptors (Lipinski definition) is 4. The first-order chi connectivity index (χ1) is 11.4. The lowest BCUT2D eigenvalue weighted by Gasteiger charge is -2.12. The van der Waals surface area contributed by atoms with E-state index in [2.05, 4.69) is 10.0 Å². The van der Waals surface area contributed by atoms with Crippen molar-refractivity contribution >= 4 is 21.6 Å². The van der Waals surface area contributed by atoms with Crippen molar-refractivity contribution < 1.29 is 22.3 Å². The molecule has 0 spiro atoms. The van der Waals surface area contributed by atoms with Crippen molar-refractivity contribution in [2.24, 2.45) is 0 Å². The zero-order valence-electron chi connectivity index (χ0n) is 13.2. The van der Waals surface area contributed by atoms with Crippen LogP contribution in [0.25, 0.3) is 0 Å². The summed E-state index contributed by atoms with van der Waals surface area (Å²) < 4.78 is 44.5. The van der Waals surface area contributed by atoms with Gasteiger partial charge >= 0.3 is 0 Å². The lowest BCUT2D eigenvalue weighted by atomic mass is 10.2. The number of rotatable bonds is 6. The van der Waals surface area contributed by atoms with Crippen LogP contribution >= 0.6 is 0 Å². The second-order valence-electron chi connectivity index (χ2n) is 4.82. The van der Waals surface area contributed by atoms with E-state index in [0.717, 1.165) is 0 Å². The zero-order chi connectivity index (χ0) is 17.7. The number of benzene rings is 2. The molecule has 1 amide bonds. The molecule has 0 aliphatic rings. The first kappa shape index (κ1) is 17.9. The van der Waals surface area contributed by atoms with Crippen LogP contribution in [-0.4, -0.2) is 28.0 Å². The average molecular weight is 352 g/mol. The van der Waals surface area contributed by atoms with Crippen molar-refractivity contribution in [2.75, 3.05) is 19.0 Å². The number of ether oxygens (including phenoxy) is 1. The Morgan fingerprint density at radius 3 is 2.42 bits per heavy atom. The Kier molecular flexibility index (Phi) is 5.53. The molecule has 128 valence electrons. The van der Waals surface area contributed by atoms with Crippen molar-refractivity contribution in [1.29, 1.82) is 0 Å². The fourth-order valence-corrected chi connectivity index (χ4v) is 3.10. The summed E-state index contributed by atoms with van der Waals surface area (Å²) in [6.07, 6.45) is 0. The fraction of sp³-hybridized carbons (Fsp3) is 0.188. The maximum Gasteiger partial charge on any atom is 0.259 e. The van der Waals surface area contributed by atoms with E-state index in [1.54, 1.807) is 6.92 Å². The van der Waals surface area contributed by atoms with Gasteiger partial charge in [0.2, 0.25) is 10.0 Å². The lowest BCUT2D eigenvalue weighted by molar-refractivity contribution is 0.102. The van der Waals surface area contributed by atoms with Crippen LogP contribution in [0.2, 0.25) is 0 Å². The third kappa shape index (κ3) is 4.09. The van der Waals surface area contributed by atoms with Crippen LogP contribution < -0.4 is 14.8 Å². The van der Waals surface area contributed by atoms with Gasteiger partial charge in [-0.2, -0.15) is 0 Å². The van der Waals surface area contributed by atoms with Gasteiger partial charge in [-0.15, -0.1) is 0 Å². The van der Waals surface area contributed by atoms with Crippen molar-refractivity contribution in [3.8, 4) is 5.75 Å². The van der Waals surface area contributed by atoms with Crippen molar-refractivity contribution in [1.82, 2.24) is 4.72 Å². The first-order valence-electron chi connectivity index (χ1n) is 7.12. The van der Waals surface area contributed by atoms with Crippen molar-refractivity contribution in [3.63, 3.8) is 0 Å². The maximum absolute atomic E-state index is 12.9.